The highest BCUT2D eigenvalue weighted by atomic mass is 19.1. The summed E-state index contributed by atoms with van der Waals surface area (Å²) in [7, 11) is 2.17. The van der Waals surface area contributed by atoms with Crippen LogP contribution in [0, 0.1) is 85.7 Å². The summed E-state index contributed by atoms with van der Waals surface area (Å²) in [5.41, 5.74) is 38.5. The van der Waals surface area contributed by atoms with E-state index in [1.165, 1.54) is 47.3 Å². The van der Waals surface area contributed by atoms with E-state index >= 15 is 0 Å². The molecule has 17 nitrogen and oxygen atoms in total. The maximum atomic E-state index is 14.2. The van der Waals surface area contributed by atoms with Crippen LogP contribution in [0.25, 0.3) is 33.1 Å². The number of aromatic nitrogens is 6. The molecule has 0 bridgehead atoms. The molecule has 4 aliphatic heterocycles. The number of piperidine rings is 2. The Hall–Kier alpha value is -7.88. The smallest absolute Gasteiger partial charge is 0.204 e. The summed E-state index contributed by atoms with van der Waals surface area (Å²) in [5, 5.41) is 13.8. The lowest BCUT2D eigenvalue weighted by Crippen LogP contribution is -2.45. The molecule has 3 aromatic heterocycles. The number of hydrogen-bond acceptors (Lipinski definition) is 14. The summed E-state index contributed by atoms with van der Waals surface area (Å²) in [5.74, 6) is 2.78. The fourth-order valence-electron chi connectivity index (χ4n) is 14.0. The highest BCUT2D eigenvalue weighted by Gasteiger charge is 2.27. The number of nitrogens with two attached hydrogens (primary N) is 3. The second kappa shape index (κ2) is 30.9. The van der Waals surface area contributed by atoms with E-state index in [0.717, 1.165) is 158 Å². The molecular weight excluding hydrogens is 1200 g/mol. The predicted molar refractivity (Wildman–Crippen MR) is 390 cm³/mol. The molecule has 7 heterocycles. The van der Waals surface area contributed by atoms with Crippen molar-refractivity contribution in [3.05, 3.63) is 157 Å². The van der Waals surface area contributed by atoms with Crippen molar-refractivity contribution < 1.29 is 13.2 Å². The third-order valence-electron chi connectivity index (χ3n) is 19.1. The number of nitrogens with zero attached hydrogens (tertiary/aromatic N) is 10. The number of fused-ring (bicyclic) bond motifs is 3. The van der Waals surface area contributed by atoms with E-state index in [9.17, 15) is 13.2 Å². The summed E-state index contributed by atoms with van der Waals surface area (Å²) in [4.78, 5) is 24.8. The van der Waals surface area contributed by atoms with Crippen LogP contribution >= 0.6 is 0 Å². The van der Waals surface area contributed by atoms with Crippen molar-refractivity contribution >= 4 is 68.0 Å². The molecule has 0 amide bonds. The molecule has 6 aromatic carbocycles. The molecule has 9 aromatic rings. The van der Waals surface area contributed by atoms with Gasteiger partial charge in [-0.15, -0.1) is 0 Å². The zero-order chi connectivity index (χ0) is 66.5. The first-order valence-electron chi connectivity index (χ1n) is 34.0. The standard InChI is InChI=1S/C26H34FN5.2C24H33FN6.CH4/c1-17-9-22(31-7-5-4-6-8-31)25-23(10-17)32(26(30-25)29-15-21-13-28-14-21)16-20-11-18(2)24(27)19(3)12-20;1-15-10-20(30-8-4-19(27)5-9-30)23-21(11-15)31(24(29-23)28-7-6-26)14-18-12-16(2)22(25)17(3)13-18;1-16-11-20(30-9-7-29(4)8-10-30)23-21(12-16)31(24(28-23)27-6-5-26)15-19-13-17(2)22(25)18(3)14-19;/h9-12,21,28H,4-8,13-16H2,1-3H3,(H,29,30);10-13,19H,4-9,14,26-27H2,1-3H3,(H,28,29);11-14H,5-10,15,26H2,1-4H3,(H,27,28);1H4. The second-order valence-corrected chi connectivity index (χ2v) is 27.1. The molecule has 4 saturated heterocycles. The lowest BCUT2D eigenvalue weighted by Gasteiger charge is -2.34. The van der Waals surface area contributed by atoms with Gasteiger partial charge in [0.15, 0.2) is 0 Å². The average molecular weight is 1300 g/mol. The van der Waals surface area contributed by atoms with Crippen LogP contribution in [0.1, 0.15) is 106 Å². The van der Waals surface area contributed by atoms with Crippen LogP contribution in [0.2, 0.25) is 0 Å². The van der Waals surface area contributed by atoms with Crippen LogP contribution in [-0.2, 0) is 19.6 Å². The fraction of sp³-hybridized carbons (Fsp3) is 0.480. The summed E-state index contributed by atoms with van der Waals surface area (Å²) in [6.07, 6.45) is 5.77. The molecule has 0 aliphatic carbocycles. The van der Waals surface area contributed by atoms with Gasteiger partial charge in [-0.25, -0.2) is 28.1 Å². The molecular formula is C75H104F3N17. The minimum atomic E-state index is -0.137. The molecule has 0 spiro atoms. The molecule has 4 fully saturated rings. The summed E-state index contributed by atoms with van der Waals surface area (Å²) in [6, 6.07) is 25.3. The van der Waals surface area contributed by atoms with E-state index in [-0.39, 0.29) is 30.9 Å². The molecule has 0 unspecified atom stereocenters. The van der Waals surface area contributed by atoms with E-state index in [1.54, 1.807) is 0 Å². The maximum absolute atomic E-state index is 14.2. The number of hydrogen-bond donors (Lipinski definition) is 7. The third kappa shape index (κ3) is 16.0. The number of rotatable bonds is 18. The van der Waals surface area contributed by atoms with Gasteiger partial charge in [-0.3, -0.25) is 0 Å². The van der Waals surface area contributed by atoms with Crippen molar-refractivity contribution in [1.82, 2.24) is 38.9 Å². The van der Waals surface area contributed by atoms with Crippen molar-refractivity contribution in [2.45, 2.75) is 128 Å². The van der Waals surface area contributed by atoms with Gasteiger partial charge in [0.2, 0.25) is 17.8 Å². The lowest BCUT2D eigenvalue weighted by atomic mass is 10.0. The van der Waals surface area contributed by atoms with Crippen molar-refractivity contribution in [2.75, 3.05) is 136 Å². The number of anilines is 6. The lowest BCUT2D eigenvalue weighted by molar-refractivity contribution is 0.313. The number of piperazine rings is 1. The first-order valence-corrected chi connectivity index (χ1v) is 34.0. The second-order valence-electron chi connectivity index (χ2n) is 27.1. The molecule has 4 aliphatic rings. The number of likely N-dealkylation sites (N-methyl/N-ethyl adjacent to an activating group) is 1. The molecule has 10 N–H and O–H groups in total. The SMILES string of the molecule is C.Cc1cc(N2CCC(N)CC2)c2nc(NCCN)n(Cc3cc(C)c(F)c(C)c3)c2c1.Cc1cc(N2CCCCC2)c2nc(NCC3CNC3)n(Cc3cc(C)c(F)c(C)c3)c2c1.Cc1cc(N2CCN(C)CC2)c2nc(NCCN)n(Cc3cc(C)c(F)c(C)c3)c2c1. The zero-order valence-electron chi connectivity index (χ0n) is 57.2. The molecule has 0 atom stereocenters. The first kappa shape index (κ1) is 69.9. The number of imidazole rings is 3. The highest BCUT2D eigenvalue weighted by Crippen LogP contribution is 2.37. The van der Waals surface area contributed by atoms with Crippen LogP contribution in [0.5, 0.6) is 0 Å². The van der Waals surface area contributed by atoms with Gasteiger partial charge in [0.05, 0.1) is 53.2 Å². The Balaban J connectivity index is 0.000000154. The maximum Gasteiger partial charge on any atom is 0.204 e. The Morgan fingerprint density at radius 3 is 1.13 bits per heavy atom. The van der Waals surface area contributed by atoms with Crippen LogP contribution in [0.15, 0.2) is 72.8 Å². The van der Waals surface area contributed by atoms with Crippen LogP contribution in [0.3, 0.4) is 0 Å². The van der Waals surface area contributed by atoms with Crippen LogP contribution in [-0.4, -0.2) is 145 Å². The Morgan fingerprint density at radius 2 is 0.789 bits per heavy atom. The number of aryl methyl sites for hydroxylation is 9. The first-order chi connectivity index (χ1) is 45.2. The van der Waals surface area contributed by atoms with Crippen molar-refractivity contribution in [2.24, 2.45) is 23.1 Å². The van der Waals surface area contributed by atoms with Crippen LogP contribution < -0.4 is 53.2 Å². The zero-order valence-corrected chi connectivity index (χ0v) is 57.2. The highest BCUT2D eigenvalue weighted by molar-refractivity contribution is 5.94. The molecule has 0 radical (unpaired) electrons. The van der Waals surface area contributed by atoms with Gasteiger partial charge in [0, 0.05) is 110 Å². The number of halogens is 3. The number of benzene rings is 6. The quantitative estimate of drug-likeness (QED) is 0.0429. The molecule has 95 heavy (non-hydrogen) atoms. The summed E-state index contributed by atoms with van der Waals surface area (Å²) < 4.78 is 49.3. The van der Waals surface area contributed by atoms with Gasteiger partial charge in [-0.05, 0) is 205 Å². The average Bonchev–Trinajstić information content (AvgIpc) is 1.64. The van der Waals surface area contributed by atoms with Gasteiger partial charge in [-0.2, -0.15) is 0 Å². The third-order valence-corrected chi connectivity index (χ3v) is 19.1. The van der Waals surface area contributed by atoms with Gasteiger partial charge >= 0.3 is 0 Å². The van der Waals surface area contributed by atoms with E-state index in [4.69, 9.17) is 32.2 Å². The van der Waals surface area contributed by atoms with Gasteiger partial charge in [0.1, 0.15) is 34.0 Å². The van der Waals surface area contributed by atoms with Crippen molar-refractivity contribution in [1.29, 1.82) is 0 Å². The predicted octanol–water partition coefficient (Wildman–Crippen LogP) is 12.1. The Labute approximate surface area is 561 Å². The monoisotopic (exact) mass is 1300 g/mol. The fourth-order valence-corrected chi connectivity index (χ4v) is 14.0. The summed E-state index contributed by atoms with van der Waals surface area (Å²) in [6.45, 7) is 32.8. The van der Waals surface area contributed by atoms with Gasteiger partial charge < -0.3 is 71.8 Å². The van der Waals surface area contributed by atoms with Crippen molar-refractivity contribution in [3.8, 4) is 0 Å². The summed E-state index contributed by atoms with van der Waals surface area (Å²) >= 11 is 0. The van der Waals surface area contributed by atoms with E-state index < -0.39 is 0 Å². The van der Waals surface area contributed by atoms with Gasteiger partial charge in [0.25, 0.3) is 0 Å². The van der Waals surface area contributed by atoms with Gasteiger partial charge in [-0.1, -0.05) is 43.8 Å². The molecule has 510 valence electrons. The Morgan fingerprint density at radius 1 is 0.453 bits per heavy atom. The minimum absolute atomic E-state index is 0. The minimum Gasteiger partial charge on any atom is -0.370 e. The molecule has 13 rings (SSSR count). The van der Waals surface area contributed by atoms with E-state index in [0.29, 0.717) is 85.1 Å². The normalized spacial score (nSPS) is 15.6. The molecule has 0 saturated carbocycles. The largest absolute Gasteiger partial charge is 0.370 e. The number of nitrogens with one attached hydrogen (secondary N) is 4. The Bertz CT molecular complexity index is 3880. The van der Waals surface area contributed by atoms with E-state index in [1.807, 2.05) is 77.9 Å². The molecule has 20 heteroatoms. The van der Waals surface area contributed by atoms with E-state index in [2.05, 4.69) is 119 Å². The topological polar surface area (TPSA) is 193 Å². The van der Waals surface area contributed by atoms with Crippen molar-refractivity contribution in [3.63, 3.8) is 0 Å². The van der Waals surface area contributed by atoms with Crippen LogP contribution in [0.4, 0.5) is 48.1 Å². The Kier molecular flexibility index (Phi) is 22.7.